The smallest absolute Gasteiger partial charge is 0.224 e. The molecule has 2 atom stereocenters. The van der Waals surface area contributed by atoms with Crippen LogP contribution in [0.25, 0.3) is 0 Å². The van der Waals surface area contributed by atoms with Crippen LogP contribution in [0.2, 0.25) is 5.02 Å². The maximum Gasteiger partial charge on any atom is 0.224 e. The third-order valence-corrected chi connectivity index (χ3v) is 9.59. The Morgan fingerprint density at radius 1 is 1.02 bits per heavy atom. The fraction of sp³-hybridized carbons (Fsp3) is 0.610. The molecule has 2 heterocycles. The Morgan fingerprint density at radius 2 is 1.66 bits per heavy atom. The fourth-order valence-electron chi connectivity index (χ4n) is 5.49. The maximum absolute atomic E-state index is 11.9. The molecule has 2 unspecified atom stereocenters. The number of amides is 1. The van der Waals surface area contributed by atoms with Crippen molar-refractivity contribution in [3.8, 4) is 0 Å². The maximum atomic E-state index is 11.9. The molecule has 1 aliphatic carbocycles. The summed E-state index contributed by atoms with van der Waals surface area (Å²) in [4.78, 5) is 32.1. The van der Waals surface area contributed by atoms with E-state index < -0.39 is 0 Å². The first-order valence-corrected chi connectivity index (χ1v) is 21.0. The second-order valence-electron chi connectivity index (χ2n) is 13.1. The van der Waals surface area contributed by atoms with Gasteiger partial charge >= 0.3 is 0 Å². The second kappa shape index (κ2) is 29.5. The first-order chi connectivity index (χ1) is 23.9. The van der Waals surface area contributed by atoms with E-state index in [1.165, 1.54) is 62.6 Å². The van der Waals surface area contributed by atoms with E-state index in [4.69, 9.17) is 11.6 Å². The van der Waals surface area contributed by atoms with Crippen molar-refractivity contribution in [1.29, 1.82) is 0 Å². The lowest BCUT2D eigenvalue weighted by atomic mass is 9.91. The molecule has 0 radical (unpaired) electrons. The molecule has 1 amide bonds. The number of carbonyl (C=O) groups excluding carboxylic acids is 2. The summed E-state index contributed by atoms with van der Waals surface area (Å²) in [5.74, 6) is 5.45. The Kier molecular flexibility index (Phi) is 28.3. The van der Waals surface area contributed by atoms with E-state index in [2.05, 4.69) is 94.9 Å². The number of Topliss-reactive ketones (excluding diaryl/α,β-unsaturated/α-hetero) is 1. The van der Waals surface area contributed by atoms with Crippen molar-refractivity contribution in [3.63, 3.8) is 0 Å². The number of pyridine rings is 1. The van der Waals surface area contributed by atoms with Gasteiger partial charge in [0.25, 0.3) is 0 Å². The van der Waals surface area contributed by atoms with Crippen LogP contribution in [0.5, 0.6) is 0 Å². The quantitative estimate of drug-likeness (QED) is 0.198. The monoisotopic (exact) mass is 792 g/mol. The van der Waals surface area contributed by atoms with Crippen molar-refractivity contribution < 1.29 is 9.59 Å². The van der Waals surface area contributed by atoms with Crippen LogP contribution < -0.4 is 5.32 Å². The number of halogens is 2. The summed E-state index contributed by atoms with van der Waals surface area (Å²) in [7, 11) is 2.78. The van der Waals surface area contributed by atoms with Crippen LogP contribution in [0.3, 0.4) is 0 Å². The lowest BCUT2D eigenvalue weighted by Crippen LogP contribution is -2.37. The molecule has 0 bridgehead atoms. The summed E-state index contributed by atoms with van der Waals surface area (Å²) in [5, 5.41) is 3.80. The van der Waals surface area contributed by atoms with Crippen molar-refractivity contribution in [2.45, 2.75) is 127 Å². The van der Waals surface area contributed by atoms with Crippen LogP contribution in [0.15, 0.2) is 46.7 Å². The molecule has 1 aromatic carbocycles. The summed E-state index contributed by atoms with van der Waals surface area (Å²) >= 11 is 9.57. The van der Waals surface area contributed by atoms with Gasteiger partial charge in [0.2, 0.25) is 5.91 Å². The molecule has 0 saturated heterocycles. The number of nitrogens with zero attached hydrogens (tertiary/aromatic N) is 3. The molecular formula is C41H67BrClN4O2P. The van der Waals surface area contributed by atoms with E-state index in [9.17, 15) is 9.59 Å². The Hall–Kier alpha value is -2.05. The molecular weight excluding hydrogens is 727 g/mol. The third kappa shape index (κ3) is 23.4. The summed E-state index contributed by atoms with van der Waals surface area (Å²) in [6.07, 6.45) is 14.3. The Morgan fingerprint density at radius 3 is 2.20 bits per heavy atom. The Bertz CT molecular complexity index is 1310. The number of aromatic nitrogens is 2. The van der Waals surface area contributed by atoms with Crippen LogP contribution in [0.4, 0.5) is 0 Å². The topological polar surface area (TPSA) is 75.2 Å². The van der Waals surface area contributed by atoms with Gasteiger partial charge in [0, 0.05) is 58.4 Å². The number of hydrogen-bond acceptors (Lipinski definition) is 5. The van der Waals surface area contributed by atoms with E-state index >= 15 is 0 Å². The van der Waals surface area contributed by atoms with Gasteiger partial charge in [-0.25, -0.2) is 0 Å². The minimum absolute atomic E-state index is 0.0458. The molecule has 9 heteroatoms. The molecule has 50 heavy (non-hydrogen) atoms. The first kappa shape index (κ1) is 48.0. The predicted octanol–water partition coefficient (Wildman–Crippen LogP) is 11.1. The number of nitrogens with one attached hydrogen (secondary N) is 1. The number of ketones is 1. The molecule has 4 rings (SSSR count). The highest BCUT2D eigenvalue weighted by molar-refractivity contribution is 9.10. The van der Waals surface area contributed by atoms with Gasteiger partial charge in [0.15, 0.2) is 0 Å². The molecule has 3 aromatic rings. The standard InChI is InChI=1S/C16H17BrClN.C13H24N3OP.C7H14.C3H6O.C2H6/c1-3-12-6-7-16(18)9-14(12)5-4-13-8-15(17)10-19-11(13)2;1-4-7-16(3)8-11(2)13(17)14-6-5-12-9-18-10-15-12;1-7-5-3-2-4-6-7;1-3(2)4;1-2/h6-10H,3-5H2,1-2H3;9-11,18H,4-8H2,1-3H3,(H,14,17);7H,2-6H2,1H3;1-2H3;1-2H3. The van der Waals surface area contributed by atoms with Gasteiger partial charge in [-0.05, 0) is 123 Å². The molecule has 2 aromatic heterocycles. The minimum Gasteiger partial charge on any atom is -0.355 e. The van der Waals surface area contributed by atoms with E-state index in [0.717, 1.165) is 72.0 Å². The predicted molar refractivity (Wildman–Crippen MR) is 222 cm³/mol. The van der Waals surface area contributed by atoms with Crippen molar-refractivity contribution in [3.05, 3.63) is 79.8 Å². The van der Waals surface area contributed by atoms with Crippen LogP contribution in [-0.2, 0) is 35.3 Å². The van der Waals surface area contributed by atoms with Crippen LogP contribution >= 0.6 is 35.7 Å². The molecule has 6 nitrogen and oxygen atoms in total. The number of hydrogen-bond donors (Lipinski definition) is 1. The first-order valence-electron chi connectivity index (χ1n) is 18.6. The van der Waals surface area contributed by atoms with E-state index in [1.807, 2.05) is 39.0 Å². The van der Waals surface area contributed by atoms with E-state index in [-0.39, 0.29) is 17.6 Å². The fourth-order valence-corrected chi connectivity index (χ4v) is 6.79. The zero-order valence-corrected chi connectivity index (χ0v) is 36.1. The van der Waals surface area contributed by atoms with Gasteiger partial charge in [-0.1, -0.05) is 91.3 Å². The zero-order chi connectivity index (χ0) is 37.9. The Labute approximate surface area is 320 Å². The summed E-state index contributed by atoms with van der Waals surface area (Å²) < 4.78 is 1.04. The van der Waals surface area contributed by atoms with Crippen LogP contribution in [0.1, 0.15) is 122 Å². The normalized spacial score (nSPS) is 13.0. The SMILES string of the molecule is CC.CC(C)=O.CC1CCCCC1.CCCN(C)CC(C)C(=O)NCCc1c[pH]cn1.CCc1ccc(Cl)cc1CCc1cc(Br)cnc1C. The minimum atomic E-state index is 0.0458. The lowest BCUT2D eigenvalue weighted by Gasteiger charge is -2.20. The molecule has 1 fully saturated rings. The van der Waals surface area contributed by atoms with Crippen molar-refractivity contribution in [2.75, 3.05) is 26.7 Å². The number of aryl methyl sites for hydroxylation is 4. The van der Waals surface area contributed by atoms with Crippen LogP contribution in [-0.4, -0.2) is 53.2 Å². The third-order valence-electron chi connectivity index (χ3n) is 8.14. The largest absolute Gasteiger partial charge is 0.355 e. The van der Waals surface area contributed by atoms with Gasteiger partial charge in [-0.2, -0.15) is 0 Å². The van der Waals surface area contributed by atoms with Gasteiger partial charge in [-0.3, -0.25) is 14.8 Å². The van der Waals surface area contributed by atoms with E-state index in [1.54, 1.807) is 0 Å². The number of carbonyl (C=O) groups is 2. The lowest BCUT2D eigenvalue weighted by molar-refractivity contribution is -0.125. The van der Waals surface area contributed by atoms with Crippen molar-refractivity contribution >= 4 is 47.4 Å². The summed E-state index contributed by atoms with van der Waals surface area (Å²) in [6, 6.07) is 8.33. The van der Waals surface area contributed by atoms with Gasteiger partial charge in [0.1, 0.15) is 5.78 Å². The zero-order valence-electron chi connectivity index (χ0n) is 32.8. The Balaban J connectivity index is 0.000000714. The van der Waals surface area contributed by atoms with Crippen LogP contribution in [0, 0.1) is 18.8 Å². The number of rotatable bonds is 12. The summed E-state index contributed by atoms with van der Waals surface area (Å²) in [6.45, 7) is 20.3. The van der Waals surface area contributed by atoms with Crippen molar-refractivity contribution in [1.82, 2.24) is 20.2 Å². The molecule has 1 saturated carbocycles. The average Bonchev–Trinajstić information content (AvgIpc) is 3.60. The highest BCUT2D eigenvalue weighted by atomic mass is 79.9. The van der Waals surface area contributed by atoms with Crippen molar-refractivity contribution in [2.24, 2.45) is 11.8 Å². The number of benzene rings is 1. The summed E-state index contributed by atoms with van der Waals surface area (Å²) in [5.41, 5.74) is 6.21. The highest BCUT2D eigenvalue weighted by Gasteiger charge is 2.14. The van der Waals surface area contributed by atoms with Gasteiger partial charge in [0.05, 0.1) is 0 Å². The average molecular weight is 794 g/mol. The highest BCUT2D eigenvalue weighted by Crippen LogP contribution is 2.22. The van der Waals surface area contributed by atoms with Gasteiger partial charge in [-0.15, -0.1) is 8.19 Å². The second-order valence-corrected chi connectivity index (χ2v) is 15.3. The molecule has 0 spiro atoms. The van der Waals surface area contributed by atoms with E-state index in [0.29, 0.717) is 14.7 Å². The van der Waals surface area contributed by atoms with Gasteiger partial charge < -0.3 is 15.0 Å². The molecule has 0 aliphatic heterocycles. The molecule has 282 valence electrons. The molecule has 1 N–H and O–H groups in total. The molecule has 1 aliphatic rings.